The van der Waals surface area contributed by atoms with E-state index in [0.717, 1.165) is 46.5 Å². The quantitative estimate of drug-likeness (QED) is 0.362. The van der Waals surface area contributed by atoms with E-state index < -0.39 is 6.10 Å². The molecule has 1 atom stereocenters. The summed E-state index contributed by atoms with van der Waals surface area (Å²) in [6.45, 7) is 16.5. The summed E-state index contributed by atoms with van der Waals surface area (Å²) >= 11 is 0. The molecule has 0 aliphatic carbocycles. The van der Waals surface area contributed by atoms with Gasteiger partial charge in [0.15, 0.2) is 0 Å². The Morgan fingerprint density at radius 2 is 1.50 bits per heavy atom. The number of ether oxygens (including phenoxy) is 2. The van der Waals surface area contributed by atoms with Gasteiger partial charge in [0.25, 0.3) is 0 Å². The zero-order valence-corrected chi connectivity index (χ0v) is 21.7. The number of rotatable bonds is 11. The number of aliphatic hydroxyl groups excluding tert-OH is 2. The predicted molar refractivity (Wildman–Crippen MR) is 138 cm³/mol. The van der Waals surface area contributed by atoms with Crippen LogP contribution < -0.4 is 4.74 Å². The van der Waals surface area contributed by atoms with E-state index in [4.69, 9.17) is 24.6 Å². The highest BCUT2D eigenvalue weighted by Crippen LogP contribution is 2.28. The lowest BCUT2D eigenvalue weighted by Crippen LogP contribution is -2.21. The summed E-state index contributed by atoms with van der Waals surface area (Å²) in [7, 11) is 1.62. The molecule has 0 bridgehead atoms. The minimum absolute atomic E-state index is 0.0317. The van der Waals surface area contributed by atoms with Crippen LogP contribution >= 0.6 is 0 Å². The molecule has 1 unspecified atom stereocenters. The normalized spacial score (nSPS) is 12.9. The summed E-state index contributed by atoms with van der Waals surface area (Å²) in [6.07, 6.45) is 0.868. The van der Waals surface area contributed by atoms with Crippen molar-refractivity contribution in [3.8, 4) is 5.75 Å². The second-order valence-corrected chi connectivity index (χ2v) is 9.69. The molecule has 0 saturated heterocycles. The minimum atomic E-state index is -0.913. The zero-order valence-electron chi connectivity index (χ0n) is 21.7. The van der Waals surface area contributed by atoms with Gasteiger partial charge in [0, 0.05) is 22.5 Å². The molecule has 6 nitrogen and oxygen atoms in total. The van der Waals surface area contributed by atoms with E-state index in [1.54, 1.807) is 7.11 Å². The second kappa shape index (κ2) is 12.7. The number of methoxy groups -OCH3 is 1. The molecule has 6 heteroatoms. The molecule has 2 rings (SSSR count). The van der Waals surface area contributed by atoms with Crippen LogP contribution in [0.1, 0.15) is 61.3 Å². The Morgan fingerprint density at radius 3 is 1.94 bits per heavy atom. The topological polar surface area (TPSA) is 84.2 Å². The monoisotopic (exact) mass is 468 g/mol. The highest BCUT2D eigenvalue weighted by atomic mass is 16.5. The van der Waals surface area contributed by atoms with Gasteiger partial charge < -0.3 is 19.7 Å². The van der Waals surface area contributed by atoms with Crippen molar-refractivity contribution in [3.05, 3.63) is 64.5 Å². The molecule has 0 aliphatic heterocycles. The van der Waals surface area contributed by atoms with E-state index in [-0.39, 0.29) is 13.2 Å². The van der Waals surface area contributed by atoms with Gasteiger partial charge in [0.1, 0.15) is 18.5 Å². The number of hydrogen-bond donors (Lipinski definition) is 2. The largest absolute Gasteiger partial charge is 0.490 e. The summed E-state index contributed by atoms with van der Waals surface area (Å²) in [5.74, 6) is 2.19. The highest BCUT2D eigenvalue weighted by Gasteiger charge is 2.14. The van der Waals surface area contributed by atoms with Crippen molar-refractivity contribution in [3.63, 3.8) is 0 Å². The average Bonchev–Trinajstić information content (AvgIpc) is 2.75. The lowest BCUT2D eigenvalue weighted by molar-refractivity contribution is 0.0532. The number of hydrogen-bond acceptors (Lipinski definition) is 6. The molecule has 0 spiro atoms. The first kappa shape index (κ1) is 27.5. The van der Waals surface area contributed by atoms with Crippen LogP contribution in [0.2, 0.25) is 0 Å². The van der Waals surface area contributed by atoms with E-state index in [1.807, 2.05) is 26.0 Å². The Labute approximate surface area is 204 Å². The van der Waals surface area contributed by atoms with Crippen molar-refractivity contribution in [2.75, 3.05) is 20.3 Å². The number of aromatic nitrogens is 1. The van der Waals surface area contributed by atoms with Crippen molar-refractivity contribution in [1.29, 1.82) is 0 Å². The van der Waals surface area contributed by atoms with E-state index >= 15 is 0 Å². The van der Waals surface area contributed by atoms with Gasteiger partial charge in [-0.2, -0.15) is 0 Å². The first-order chi connectivity index (χ1) is 16.0. The molecule has 2 N–H and O–H groups in total. The van der Waals surface area contributed by atoms with Gasteiger partial charge in [-0.25, -0.2) is 4.99 Å². The van der Waals surface area contributed by atoms with Crippen LogP contribution in [0.3, 0.4) is 0 Å². The van der Waals surface area contributed by atoms with E-state index in [1.165, 1.54) is 0 Å². The number of nitrogens with zero attached hydrogens (tertiary/aromatic N) is 2. The summed E-state index contributed by atoms with van der Waals surface area (Å²) in [5.41, 5.74) is 6.22. The van der Waals surface area contributed by atoms with Crippen molar-refractivity contribution >= 4 is 11.6 Å². The molecule has 186 valence electrons. The fraction of sp³-hybridized carbons (Fsp3) is 0.500. The van der Waals surface area contributed by atoms with Gasteiger partial charge >= 0.3 is 0 Å². The van der Waals surface area contributed by atoms with E-state index in [9.17, 15) is 5.11 Å². The standard InChI is InChI=1S/C28H40N2O4/c1-17(2)9-24-13-23(14-25(30-24)10-18(3)4)28(33-8)29-21(7)22-11-19(5)27(20(6)12-22)34-16-26(32)15-31/h11-14,17-18,26,31-32H,7,9-10,15-16H2,1-6,8H3. The van der Waals surface area contributed by atoms with Crippen molar-refractivity contribution in [2.24, 2.45) is 16.8 Å². The maximum Gasteiger partial charge on any atom is 0.221 e. The van der Waals surface area contributed by atoms with Crippen LogP contribution in [0, 0.1) is 25.7 Å². The predicted octanol–water partition coefficient (Wildman–Crippen LogP) is 4.89. The van der Waals surface area contributed by atoms with Gasteiger partial charge in [-0.3, -0.25) is 4.98 Å². The fourth-order valence-corrected chi connectivity index (χ4v) is 3.81. The Hall–Kier alpha value is -2.70. The molecule has 34 heavy (non-hydrogen) atoms. The fourth-order valence-electron chi connectivity index (χ4n) is 3.81. The number of aryl methyl sites for hydroxylation is 2. The Morgan fingerprint density at radius 1 is 0.971 bits per heavy atom. The maximum atomic E-state index is 9.59. The number of benzene rings is 1. The molecule has 0 saturated carbocycles. The number of aliphatic imine (C=N–C) groups is 1. The third-order valence-electron chi connectivity index (χ3n) is 5.27. The van der Waals surface area contributed by atoms with Crippen LogP contribution in [-0.2, 0) is 17.6 Å². The molecule has 0 radical (unpaired) electrons. The van der Waals surface area contributed by atoms with Gasteiger partial charge in [0.05, 0.1) is 19.4 Å². The third kappa shape index (κ3) is 7.96. The van der Waals surface area contributed by atoms with Gasteiger partial charge in [0.2, 0.25) is 5.90 Å². The van der Waals surface area contributed by atoms with Crippen LogP contribution in [0.4, 0.5) is 0 Å². The van der Waals surface area contributed by atoms with Gasteiger partial charge in [-0.05, 0) is 73.9 Å². The van der Waals surface area contributed by atoms with E-state index in [2.05, 4.69) is 46.4 Å². The summed E-state index contributed by atoms with van der Waals surface area (Å²) in [5, 5.41) is 18.6. The SMILES string of the molecule is C=C(N=C(OC)c1cc(CC(C)C)nc(CC(C)C)c1)c1cc(C)c(OCC(O)CO)c(C)c1. The molecule has 0 amide bonds. The van der Waals surface area contributed by atoms with Crippen molar-refractivity contribution < 1.29 is 19.7 Å². The highest BCUT2D eigenvalue weighted by molar-refractivity contribution is 5.97. The van der Waals surface area contributed by atoms with Gasteiger partial charge in [-0.1, -0.05) is 34.3 Å². The molecule has 0 aliphatic rings. The number of pyridine rings is 1. The number of aliphatic hydroxyl groups is 2. The molecule has 1 aromatic carbocycles. The molecule has 0 fully saturated rings. The smallest absolute Gasteiger partial charge is 0.221 e. The van der Waals surface area contributed by atoms with Crippen LogP contribution in [0.25, 0.3) is 5.70 Å². The maximum absolute atomic E-state index is 9.59. The Kier molecular flexibility index (Phi) is 10.3. The molecular weight excluding hydrogens is 428 g/mol. The average molecular weight is 469 g/mol. The van der Waals surface area contributed by atoms with E-state index in [0.29, 0.717) is 29.2 Å². The first-order valence-electron chi connectivity index (χ1n) is 11.9. The summed E-state index contributed by atoms with van der Waals surface area (Å²) < 4.78 is 11.4. The summed E-state index contributed by atoms with van der Waals surface area (Å²) in [4.78, 5) is 9.59. The zero-order chi connectivity index (χ0) is 25.4. The third-order valence-corrected chi connectivity index (χ3v) is 5.27. The lowest BCUT2D eigenvalue weighted by Gasteiger charge is -2.16. The van der Waals surface area contributed by atoms with Gasteiger partial charge in [-0.15, -0.1) is 0 Å². The first-order valence-corrected chi connectivity index (χ1v) is 11.9. The molecule has 1 aromatic heterocycles. The van der Waals surface area contributed by atoms with Crippen LogP contribution in [0.15, 0.2) is 35.8 Å². The van der Waals surface area contributed by atoms with Crippen molar-refractivity contribution in [1.82, 2.24) is 4.98 Å². The lowest BCUT2D eigenvalue weighted by atomic mass is 10.0. The Balaban J connectivity index is 2.38. The Bertz CT molecular complexity index is 960. The molecule has 2 aromatic rings. The minimum Gasteiger partial charge on any atom is -0.490 e. The second-order valence-electron chi connectivity index (χ2n) is 9.69. The molecular formula is C28H40N2O4. The van der Waals surface area contributed by atoms with Crippen molar-refractivity contribution in [2.45, 2.75) is 60.5 Å². The van der Waals surface area contributed by atoms with Crippen LogP contribution in [-0.4, -0.2) is 47.5 Å². The van der Waals surface area contributed by atoms with Crippen LogP contribution in [0.5, 0.6) is 5.75 Å². The summed E-state index contributed by atoms with van der Waals surface area (Å²) in [6, 6.07) is 8.01. The molecule has 1 heterocycles.